The Morgan fingerprint density at radius 2 is 1.79 bits per heavy atom. The van der Waals surface area contributed by atoms with Gasteiger partial charge in [0.05, 0.1) is 6.61 Å². The van der Waals surface area contributed by atoms with Crippen LogP contribution in [0.1, 0.15) is 22.8 Å². The lowest BCUT2D eigenvalue weighted by atomic mass is 10.1. The molecular formula is C24H25Cl2N5O2S. The van der Waals surface area contributed by atoms with Crippen LogP contribution in [0.4, 0.5) is 11.5 Å². The lowest BCUT2D eigenvalue weighted by molar-refractivity contribution is 0.0364. The minimum Gasteiger partial charge on any atom is -0.368 e. The highest BCUT2D eigenvalue weighted by Gasteiger charge is 2.20. The highest BCUT2D eigenvalue weighted by molar-refractivity contribution is 7.98. The van der Waals surface area contributed by atoms with Gasteiger partial charge in [-0.3, -0.25) is 9.63 Å². The van der Waals surface area contributed by atoms with Gasteiger partial charge in [-0.2, -0.15) is 0 Å². The normalized spacial score (nSPS) is 13.7. The van der Waals surface area contributed by atoms with E-state index < -0.39 is 0 Å². The third-order valence-electron chi connectivity index (χ3n) is 5.30. The standard InChI is InChI=1S/C24H25Cl2N5O2S/c1-2-33-29-23(32)18-6-3-5-17(13-18)16-34-24-27-21(26)15-22(28-24)31-11-9-30(10-12-31)20-8-4-7-19(25)14-20/h3-8,13-15H,2,9-12,16H2,1H3,(H,29,32). The van der Waals surface area contributed by atoms with Gasteiger partial charge in [0.2, 0.25) is 0 Å². The van der Waals surface area contributed by atoms with Gasteiger partial charge in [0.15, 0.2) is 5.16 Å². The van der Waals surface area contributed by atoms with Gasteiger partial charge in [-0.25, -0.2) is 15.4 Å². The molecule has 1 aromatic heterocycles. The van der Waals surface area contributed by atoms with Crippen molar-refractivity contribution in [3.63, 3.8) is 0 Å². The van der Waals surface area contributed by atoms with E-state index in [2.05, 4.69) is 26.3 Å². The van der Waals surface area contributed by atoms with Crippen molar-refractivity contribution in [2.75, 3.05) is 42.6 Å². The van der Waals surface area contributed by atoms with E-state index in [0.717, 1.165) is 48.3 Å². The van der Waals surface area contributed by atoms with E-state index in [1.165, 1.54) is 11.8 Å². The molecule has 10 heteroatoms. The molecule has 0 radical (unpaired) electrons. The van der Waals surface area contributed by atoms with Crippen molar-refractivity contribution < 1.29 is 9.63 Å². The first-order valence-electron chi connectivity index (χ1n) is 11.0. The highest BCUT2D eigenvalue weighted by atomic mass is 35.5. The van der Waals surface area contributed by atoms with Crippen LogP contribution in [0.3, 0.4) is 0 Å². The van der Waals surface area contributed by atoms with Gasteiger partial charge in [-0.1, -0.05) is 53.2 Å². The SMILES string of the molecule is CCONC(=O)c1cccc(CSc2nc(Cl)cc(N3CCN(c4cccc(Cl)c4)CC3)n2)c1. The number of rotatable bonds is 8. The number of nitrogens with zero attached hydrogens (tertiary/aromatic N) is 4. The number of carbonyl (C=O) groups excluding carboxylic acids is 1. The Hall–Kier alpha value is -2.52. The number of carbonyl (C=O) groups is 1. The minimum absolute atomic E-state index is 0.271. The summed E-state index contributed by atoms with van der Waals surface area (Å²) in [6, 6.07) is 17.1. The first-order valence-corrected chi connectivity index (χ1v) is 12.7. The summed E-state index contributed by atoms with van der Waals surface area (Å²) in [5.74, 6) is 1.16. The lowest BCUT2D eigenvalue weighted by Crippen LogP contribution is -2.46. The fourth-order valence-electron chi connectivity index (χ4n) is 3.63. The second kappa shape index (κ2) is 11.8. The van der Waals surface area contributed by atoms with E-state index in [1.54, 1.807) is 12.1 Å². The second-order valence-corrected chi connectivity index (χ2v) is 9.40. The molecule has 2 heterocycles. The zero-order valence-corrected chi connectivity index (χ0v) is 21.0. The average Bonchev–Trinajstić information content (AvgIpc) is 2.86. The van der Waals surface area contributed by atoms with E-state index >= 15 is 0 Å². The van der Waals surface area contributed by atoms with E-state index in [1.807, 2.05) is 43.3 Å². The third kappa shape index (κ3) is 6.54. The molecule has 178 valence electrons. The molecule has 1 amide bonds. The van der Waals surface area contributed by atoms with Crippen LogP contribution in [-0.2, 0) is 10.6 Å². The van der Waals surface area contributed by atoms with Crippen LogP contribution >= 0.6 is 35.0 Å². The molecule has 1 aliphatic heterocycles. The number of piperazine rings is 1. The van der Waals surface area contributed by atoms with Gasteiger partial charge in [0, 0.05) is 54.3 Å². The topological polar surface area (TPSA) is 70.6 Å². The van der Waals surface area contributed by atoms with Crippen LogP contribution in [-0.4, -0.2) is 48.7 Å². The number of benzene rings is 2. The van der Waals surface area contributed by atoms with Gasteiger partial charge in [0.25, 0.3) is 5.91 Å². The first kappa shape index (κ1) is 24.6. The monoisotopic (exact) mass is 517 g/mol. The Balaban J connectivity index is 1.38. The van der Waals surface area contributed by atoms with E-state index in [4.69, 9.17) is 33.0 Å². The van der Waals surface area contributed by atoms with Crippen LogP contribution in [0.25, 0.3) is 0 Å². The molecule has 34 heavy (non-hydrogen) atoms. The fourth-order valence-corrected chi connectivity index (χ4v) is 4.83. The number of hydrogen-bond acceptors (Lipinski definition) is 7. The number of hydroxylamine groups is 1. The van der Waals surface area contributed by atoms with Gasteiger partial charge < -0.3 is 9.80 Å². The summed E-state index contributed by atoms with van der Waals surface area (Å²) in [5.41, 5.74) is 5.06. The number of nitrogens with one attached hydrogen (secondary N) is 1. The van der Waals surface area contributed by atoms with E-state index in [9.17, 15) is 4.79 Å². The molecule has 1 N–H and O–H groups in total. The molecule has 0 spiro atoms. The van der Waals surface area contributed by atoms with Crippen LogP contribution < -0.4 is 15.3 Å². The van der Waals surface area contributed by atoms with Crippen molar-refractivity contribution in [2.45, 2.75) is 17.8 Å². The van der Waals surface area contributed by atoms with Crippen LogP contribution in [0.15, 0.2) is 59.8 Å². The van der Waals surface area contributed by atoms with Crippen molar-refractivity contribution >= 4 is 52.4 Å². The minimum atomic E-state index is -0.271. The maximum absolute atomic E-state index is 12.1. The lowest BCUT2D eigenvalue weighted by Gasteiger charge is -2.36. The number of anilines is 2. The summed E-state index contributed by atoms with van der Waals surface area (Å²) in [6.45, 7) is 5.58. The van der Waals surface area contributed by atoms with E-state index in [0.29, 0.717) is 28.2 Å². The summed E-state index contributed by atoms with van der Waals surface area (Å²) >= 11 is 14.0. The quantitative estimate of drug-likeness (QED) is 0.193. The van der Waals surface area contributed by atoms with Crippen molar-refractivity contribution in [1.82, 2.24) is 15.4 Å². The second-order valence-electron chi connectivity index (χ2n) is 7.64. The van der Waals surface area contributed by atoms with Crippen LogP contribution in [0.5, 0.6) is 0 Å². The molecule has 1 fully saturated rings. The Bertz CT molecular complexity index is 1140. The number of thioether (sulfide) groups is 1. The first-order chi connectivity index (χ1) is 16.5. The zero-order valence-electron chi connectivity index (χ0n) is 18.7. The Kier molecular flexibility index (Phi) is 8.50. The maximum Gasteiger partial charge on any atom is 0.274 e. The zero-order chi connectivity index (χ0) is 23.9. The number of hydrogen-bond donors (Lipinski definition) is 1. The third-order valence-corrected chi connectivity index (χ3v) is 6.65. The molecule has 1 aliphatic rings. The molecule has 2 aromatic carbocycles. The van der Waals surface area contributed by atoms with E-state index in [-0.39, 0.29) is 5.91 Å². The molecule has 4 rings (SSSR count). The number of aromatic nitrogens is 2. The largest absolute Gasteiger partial charge is 0.368 e. The summed E-state index contributed by atoms with van der Waals surface area (Å²) in [4.78, 5) is 30.8. The predicted molar refractivity (Wildman–Crippen MR) is 138 cm³/mol. The molecule has 0 bridgehead atoms. The van der Waals surface area contributed by atoms with Crippen molar-refractivity contribution in [1.29, 1.82) is 0 Å². The van der Waals surface area contributed by atoms with Crippen LogP contribution in [0, 0.1) is 0 Å². The van der Waals surface area contributed by atoms with Crippen molar-refractivity contribution in [3.8, 4) is 0 Å². The van der Waals surface area contributed by atoms with Crippen molar-refractivity contribution in [2.24, 2.45) is 0 Å². The molecule has 7 nitrogen and oxygen atoms in total. The molecular weight excluding hydrogens is 493 g/mol. The molecule has 0 aliphatic carbocycles. The smallest absolute Gasteiger partial charge is 0.274 e. The molecule has 1 saturated heterocycles. The predicted octanol–water partition coefficient (Wildman–Crippen LogP) is 5.08. The number of halogens is 2. The summed E-state index contributed by atoms with van der Waals surface area (Å²) in [7, 11) is 0. The van der Waals surface area contributed by atoms with Gasteiger partial charge >= 0.3 is 0 Å². The Morgan fingerprint density at radius 1 is 1.03 bits per heavy atom. The fraction of sp³-hybridized carbons (Fsp3) is 0.292. The summed E-state index contributed by atoms with van der Waals surface area (Å²) in [6.07, 6.45) is 0. The van der Waals surface area contributed by atoms with Crippen molar-refractivity contribution in [3.05, 3.63) is 75.9 Å². The summed E-state index contributed by atoms with van der Waals surface area (Å²) in [5, 5.41) is 1.75. The van der Waals surface area contributed by atoms with Gasteiger partial charge in [-0.15, -0.1) is 0 Å². The molecule has 0 atom stereocenters. The van der Waals surface area contributed by atoms with Gasteiger partial charge in [0.1, 0.15) is 11.0 Å². The molecule has 0 saturated carbocycles. The maximum atomic E-state index is 12.1. The average molecular weight is 518 g/mol. The summed E-state index contributed by atoms with van der Waals surface area (Å²) < 4.78 is 0. The molecule has 0 unspecified atom stereocenters. The van der Waals surface area contributed by atoms with Gasteiger partial charge in [-0.05, 0) is 42.8 Å². The molecule has 3 aromatic rings. The number of amides is 1. The van der Waals surface area contributed by atoms with Crippen LogP contribution in [0.2, 0.25) is 10.2 Å². The highest BCUT2D eigenvalue weighted by Crippen LogP contribution is 2.27. The Labute approximate surface area is 213 Å². The Morgan fingerprint density at radius 3 is 2.56 bits per heavy atom.